The zero-order valence-electron chi connectivity index (χ0n) is 14.1. The van der Waals surface area contributed by atoms with E-state index >= 15 is 0 Å². The van der Waals surface area contributed by atoms with E-state index in [9.17, 15) is 22.2 Å². The van der Waals surface area contributed by atoms with Gasteiger partial charge in [-0.25, -0.2) is 8.93 Å². The molecule has 1 aromatic carbocycles. The lowest BCUT2D eigenvalue weighted by molar-refractivity contribution is -0.202. The molecule has 0 aliphatic rings. The molecule has 0 aliphatic heterocycles. The molecule has 0 unspecified atom stereocenters. The zero-order chi connectivity index (χ0) is 18.6. The lowest BCUT2D eigenvalue weighted by Crippen LogP contribution is -2.58. The Balaban J connectivity index is 3.45. The predicted molar refractivity (Wildman–Crippen MR) is 86.5 cm³/mol. The maximum Gasteiger partial charge on any atom is 0.412 e. The third-order valence-electron chi connectivity index (χ3n) is 3.29. The van der Waals surface area contributed by atoms with Gasteiger partial charge in [0.25, 0.3) is 0 Å². The van der Waals surface area contributed by atoms with Gasteiger partial charge in [-0.15, -0.1) is 0 Å². The summed E-state index contributed by atoms with van der Waals surface area (Å²) in [6.07, 6.45) is -5.86. The van der Waals surface area contributed by atoms with Crippen LogP contribution in [0.3, 0.4) is 0 Å². The van der Waals surface area contributed by atoms with Gasteiger partial charge in [0.05, 0.1) is 28.8 Å². The minimum atomic E-state index is -4.86. The average Bonchev–Trinajstić information content (AvgIpc) is 2.45. The van der Waals surface area contributed by atoms with Crippen LogP contribution in [-0.4, -0.2) is 27.7 Å². The number of alkyl halides is 3. The lowest BCUT2D eigenvalue weighted by atomic mass is 9.87. The first-order chi connectivity index (χ1) is 10.9. The number of nitrogens with one attached hydrogen (secondary N) is 1. The summed E-state index contributed by atoms with van der Waals surface area (Å²) in [5.74, 6) is -1.02. The van der Waals surface area contributed by atoms with Crippen LogP contribution in [-0.2, 0) is 26.1 Å². The number of carbonyl (C=O) groups is 1. The topological polar surface area (TPSA) is 55.4 Å². The largest absolute Gasteiger partial charge is 0.466 e. The van der Waals surface area contributed by atoms with Crippen molar-refractivity contribution >= 4 is 17.0 Å². The van der Waals surface area contributed by atoms with Crippen LogP contribution in [0.5, 0.6) is 0 Å². The molecule has 136 valence electrons. The quantitative estimate of drug-likeness (QED) is 0.786. The van der Waals surface area contributed by atoms with E-state index in [1.54, 1.807) is 26.8 Å². The van der Waals surface area contributed by atoms with Gasteiger partial charge in [-0.1, -0.05) is 30.3 Å². The van der Waals surface area contributed by atoms with Gasteiger partial charge in [0.1, 0.15) is 0 Å². The molecule has 0 radical (unpaired) electrons. The summed E-state index contributed by atoms with van der Waals surface area (Å²) < 4.78 is 60.3. The minimum absolute atomic E-state index is 0.0378. The highest BCUT2D eigenvalue weighted by Crippen LogP contribution is 2.43. The van der Waals surface area contributed by atoms with Gasteiger partial charge in [0, 0.05) is 0 Å². The molecule has 0 aliphatic carbocycles. The van der Waals surface area contributed by atoms with Crippen molar-refractivity contribution in [3.05, 3.63) is 35.9 Å². The van der Waals surface area contributed by atoms with Crippen molar-refractivity contribution in [1.29, 1.82) is 0 Å². The van der Waals surface area contributed by atoms with Gasteiger partial charge in [0.2, 0.25) is 0 Å². The molecule has 1 aromatic rings. The molecule has 0 fully saturated rings. The van der Waals surface area contributed by atoms with Gasteiger partial charge < -0.3 is 4.74 Å². The van der Waals surface area contributed by atoms with Crippen LogP contribution in [0, 0.1) is 0 Å². The summed E-state index contributed by atoms with van der Waals surface area (Å²) in [5.41, 5.74) is -2.98. The number of rotatable bonds is 6. The van der Waals surface area contributed by atoms with Crippen molar-refractivity contribution in [2.24, 2.45) is 0 Å². The van der Waals surface area contributed by atoms with Gasteiger partial charge in [-0.3, -0.25) is 4.79 Å². The predicted octanol–water partition coefficient (Wildman–Crippen LogP) is 3.45. The maximum absolute atomic E-state index is 14.0. The number of hydrogen-bond acceptors (Lipinski definition) is 3. The van der Waals surface area contributed by atoms with E-state index in [2.05, 4.69) is 4.72 Å². The Labute approximate surface area is 142 Å². The second kappa shape index (κ2) is 7.65. The minimum Gasteiger partial charge on any atom is -0.466 e. The van der Waals surface area contributed by atoms with E-state index in [0.717, 1.165) is 0 Å². The molecule has 0 bridgehead atoms. The van der Waals surface area contributed by atoms with E-state index in [-0.39, 0.29) is 12.2 Å². The Kier molecular flexibility index (Phi) is 6.58. The molecular formula is C16H22F3NO3S. The first-order valence-corrected chi connectivity index (χ1v) is 8.56. The second-order valence-corrected chi connectivity index (χ2v) is 8.20. The van der Waals surface area contributed by atoms with Gasteiger partial charge in [-0.05, 0) is 33.3 Å². The molecule has 1 N–H and O–H groups in total. The number of ether oxygens (including phenoxy) is 1. The summed E-state index contributed by atoms with van der Waals surface area (Å²) in [6, 6.07) is 6.93. The molecule has 0 heterocycles. The molecule has 2 atom stereocenters. The molecule has 8 heteroatoms. The average molecular weight is 365 g/mol. The second-order valence-electron chi connectivity index (χ2n) is 6.23. The van der Waals surface area contributed by atoms with Crippen LogP contribution in [0.25, 0.3) is 0 Å². The fraction of sp³-hybridized carbons (Fsp3) is 0.562. The fourth-order valence-electron chi connectivity index (χ4n) is 1.98. The normalized spacial score (nSPS) is 16.3. The Bertz CT molecular complexity index is 584. The Morgan fingerprint density at radius 2 is 1.71 bits per heavy atom. The molecule has 24 heavy (non-hydrogen) atoms. The van der Waals surface area contributed by atoms with Crippen molar-refractivity contribution in [3.8, 4) is 0 Å². The third kappa shape index (κ3) is 4.80. The zero-order valence-corrected chi connectivity index (χ0v) is 14.9. The van der Waals surface area contributed by atoms with Crippen molar-refractivity contribution in [2.45, 2.75) is 50.6 Å². The number of carbonyl (C=O) groups excluding carboxylic acids is 1. The maximum atomic E-state index is 14.0. The standard InChI is InChI=1S/C16H22F3NO3S/c1-5-23-13(21)11-15(16(17,18)19,12-9-7-6-8-10-12)20-24(22)14(2,3)4/h6-10,20H,5,11H2,1-4H3/t15-,24+/m1/s1. The van der Waals surface area contributed by atoms with Gasteiger partial charge in [-0.2, -0.15) is 13.2 Å². The van der Waals surface area contributed by atoms with E-state index in [1.165, 1.54) is 31.2 Å². The molecule has 0 saturated carbocycles. The number of halogens is 3. The SMILES string of the molecule is CCOC(=O)C[C@@](N[S@@](=O)C(C)(C)C)(c1ccccc1)C(F)(F)F. The van der Waals surface area contributed by atoms with Gasteiger partial charge in [0.15, 0.2) is 5.54 Å². The van der Waals surface area contributed by atoms with E-state index in [1.807, 2.05) is 0 Å². The molecule has 0 saturated heterocycles. The summed E-state index contributed by atoms with van der Waals surface area (Å²) >= 11 is 0. The lowest BCUT2D eigenvalue weighted by Gasteiger charge is -2.37. The third-order valence-corrected chi connectivity index (χ3v) is 4.93. The summed E-state index contributed by atoms with van der Waals surface area (Å²) in [5, 5.41) is 0. The summed E-state index contributed by atoms with van der Waals surface area (Å²) in [6.45, 7) is 6.12. The van der Waals surface area contributed by atoms with E-state index in [4.69, 9.17) is 4.74 Å². The highest BCUT2D eigenvalue weighted by Gasteiger charge is 2.59. The van der Waals surface area contributed by atoms with Crippen molar-refractivity contribution in [2.75, 3.05) is 6.61 Å². The first-order valence-electron chi connectivity index (χ1n) is 7.41. The number of hydrogen-bond donors (Lipinski definition) is 1. The Morgan fingerprint density at radius 3 is 2.12 bits per heavy atom. The highest BCUT2D eigenvalue weighted by atomic mass is 32.2. The van der Waals surface area contributed by atoms with Crippen molar-refractivity contribution < 1.29 is 26.9 Å². The van der Waals surface area contributed by atoms with Crippen LogP contribution >= 0.6 is 0 Å². The fourth-order valence-corrected chi connectivity index (χ4v) is 2.91. The van der Waals surface area contributed by atoms with Crippen LogP contribution in [0.4, 0.5) is 13.2 Å². The molecule has 0 amide bonds. The van der Waals surface area contributed by atoms with Crippen LogP contribution in [0.1, 0.15) is 39.7 Å². The van der Waals surface area contributed by atoms with Crippen LogP contribution in [0.2, 0.25) is 0 Å². The smallest absolute Gasteiger partial charge is 0.412 e. The summed E-state index contributed by atoms with van der Waals surface area (Å²) in [4.78, 5) is 11.8. The molecule has 0 aromatic heterocycles. The van der Waals surface area contributed by atoms with Gasteiger partial charge >= 0.3 is 12.1 Å². The van der Waals surface area contributed by atoms with Crippen molar-refractivity contribution in [3.63, 3.8) is 0 Å². The monoisotopic (exact) mass is 365 g/mol. The number of esters is 1. The van der Waals surface area contributed by atoms with Crippen LogP contribution < -0.4 is 4.72 Å². The molecular weight excluding hydrogens is 343 g/mol. The number of benzene rings is 1. The Hall–Kier alpha value is -1.41. The molecule has 0 spiro atoms. The van der Waals surface area contributed by atoms with E-state index in [0.29, 0.717) is 0 Å². The summed E-state index contributed by atoms with van der Waals surface area (Å²) in [7, 11) is -2.05. The Morgan fingerprint density at radius 1 is 1.17 bits per heavy atom. The molecule has 4 nitrogen and oxygen atoms in total. The molecule has 1 rings (SSSR count). The highest BCUT2D eigenvalue weighted by molar-refractivity contribution is 7.84. The first kappa shape index (κ1) is 20.6. The van der Waals surface area contributed by atoms with Crippen LogP contribution in [0.15, 0.2) is 30.3 Å². The van der Waals surface area contributed by atoms with Crippen molar-refractivity contribution in [1.82, 2.24) is 4.72 Å². The van der Waals surface area contributed by atoms with E-state index < -0.39 is 39.8 Å².